The molecule has 1 aliphatic rings. The van der Waals surface area contributed by atoms with E-state index in [1.165, 1.54) is 21.9 Å². The minimum atomic E-state index is -0.308. The third kappa shape index (κ3) is 4.77. The Morgan fingerprint density at radius 3 is 2.70 bits per heavy atom. The molecule has 3 heterocycles. The standard InChI is InChI=1S/C20H24N6O3S/c1-2-15-14-17(27)26-19(22-15)30-18(23-26)21-8-9-24-10-12-25(13-11-24)20(28)29-16-6-4-3-5-7-16/h3-7,14H,2,8-13H2,1H3,(H,21,23). The van der Waals surface area contributed by atoms with E-state index in [0.29, 0.717) is 35.5 Å². The fraction of sp³-hybridized carbons (Fsp3) is 0.400. The van der Waals surface area contributed by atoms with Gasteiger partial charge in [0.25, 0.3) is 5.56 Å². The van der Waals surface area contributed by atoms with E-state index < -0.39 is 0 Å². The number of carbonyl (C=O) groups excluding carboxylic acids is 1. The lowest BCUT2D eigenvalue weighted by Crippen LogP contribution is -2.50. The van der Waals surface area contributed by atoms with Crippen LogP contribution in [0.1, 0.15) is 12.6 Å². The molecular formula is C20H24N6O3S. The van der Waals surface area contributed by atoms with Crippen molar-refractivity contribution in [1.82, 2.24) is 24.4 Å². The topological polar surface area (TPSA) is 92.1 Å². The Balaban J connectivity index is 1.23. The maximum absolute atomic E-state index is 12.3. The van der Waals surface area contributed by atoms with E-state index in [2.05, 4.69) is 20.3 Å². The number of rotatable bonds is 6. The van der Waals surface area contributed by atoms with E-state index in [0.717, 1.165) is 31.7 Å². The summed E-state index contributed by atoms with van der Waals surface area (Å²) in [6, 6.07) is 10.6. The molecule has 158 valence electrons. The van der Waals surface area contributed by atoms with Crippen LogP contribution in [0.15, 0.2) is 41.2 Å². The molecule has 0 saturated carbocycles. The van der Waals surface area contributed by atoms with Crippen LogP contribution in [-0.2, 0) is 6.42 Å². The highest BCUT2D eigenvalue weighted by Gasteiger charge is 2.22. The number of carbonyl (C=O) groups is 1. The van der Waals surface area contributed by atoms with Crippen molar-refractivity contribution in [3.63, 3.8) is 0 Å². The Labute approximate surface area is 177 Å². The van der Waals surface area contributed by atoms with Crippen LogP contribution in [0.2, 0.25) is 0 Å². The quantitative estimate of drug-likeness (QED) is 0.641. The normalized spacial score (nSPS) is 14.8. The number of nitrogens with zero attached hydrogens (tertiary/aromatic N) is 5. The van der Waals surface area contributed by atoms with Gasteiger partial charge in [-0.15, -0.1) is 5.10 Å². The number of ether oxygens (including phenoxy) is 1. The van der Waals surface area contributed by atoms with Crippen molar-refractivity contribution in [3.8, 4) is 5.75 Å². The van der Waals surface area contributed by atoms with E-state index in [-0.39, 0.29) is 11.7 Å². The second-order valence-electron chi connectivity index (χ2n) is 6.98. The van der Waals surface area contributed by atoms with Crippen molar-refractivity contribution in [2.75, 3.05) is 44.6 Å². The first kappa shape index (κ1) is 20.3. The molecule has 0 atom stereocenters. The number of aryl methyl sites for hydroxylation is 1. The van der Waals surface area contributed by atoms with Gasteiger partial charge in [-0.05, 0) is 18.6 Å². The van der Waals surface area contributed by atoms with Crippen molar-refractivity contribution in [2.24, 2.45) is 0 Å². The SMILES string of the molecule is CCc1cc(=O)n2nc(NCCN3CCN(C(=O)Oc4ccccc4)CC3)sc2n1. The van der Waals surface area contributed by atoms with Crippen LogP contribution >= 0.6 is 11.3 Å². The number of hydrogen-bond acceptors (Lipinski definition) is 8. The van der Waals surface area contributed by atoms with E-state index in [9.17, 15) is 9.59 Å². The molecule has 0 radical (unpaired) electrons. The summed E-state index contributed by atoms with van der Waals surface area (Å²) in [4.78, 5) is 33.4. The van der Waals surface area contributed by atoms with Crippen LogP contribution in [0.4, 0.5) is 9.93 Å². The number of aromatic nitrogens is 3. The summed E-state index contributed by atoms with van der Waals surface area (Å²) in [7, 11) is 0. The van der Waals surface area contributed by atoms with Gasteiger partial charge in [0.05, 0.1) is 0 Å². The first-order chi connectivity index (χ1) is 14.6. The van der Waals surface area contributed by atoms with Gasteiger partial charge in [-0.1, -0.05) is 36.5 Å². The van der Waals surface area contributed by atoms with Crippen LogP contribution in [0.3, 0.4) is 0 Å². The molecule has 10 heteroatoms. The second-order valence-corrected chi connectivity index (χ2v) is 7.93. The molecule has 0 aliphatic carbocycles. The van der Waals surface area contributed by atoms with Crippen molar-refractivity contribution in [1.29, 1.82) is 0 Å². The minimum absolute atomic E-state index is 0.153. The average molecular weight is 429 g/mol. The zero-order chi connectivity index (χ0) is 20.9. The van der Waals surface area contributed by atoms with Crippen molar-refractivity contribution in [3.05, 3.63) is 52.4 Å². The lowest BCUT2D eigenvalue weighted by atomic mass is 10.3. The molecule has 30 heavy (non-hydrogen) atoms. The van der Waals surface area contributed by atoms with Crippen LogP contribution in [-0.4, -0.2) is 69.8 Å². The molecule has 2 aromatic heterocycles. The number of nitrogens with one attached hydrogen (secondary N) is 1. The molecule has 1 saturated heterocycles. The maximum Gasteiger partial charge on any atom is 0.415 e. The summed E-state index contributed by atoms with van der Waals surface area (Å²) in [6.45, 7) is 6.32. The van der Waals surface area contributed by atoms with Gasteiger partial charge >= 0.3 is 6.09 Å². The van der Waals surface area contributed by atoms with E-state index in [1.807, 2.05) is 25.1 Å². The molecule has 0 spiro atoms. The molecular weight excluding hydrogens is 404 g/mol. The molecule has 1 N–H and O–H groups in total. The summed E-state index contributed by atoms with van der Waals surface area (Å²) in [5, 5.41) is 8.26. The van der Waals surface area contributed by atoms with Crippen molar-refractivity contribution in [2.45, 2.75) is 13.3 Å². The first-order valence-electron chi connectivity index (χ1n) is 10.00. The number of benzene rings is 1. The smallest absolute Gasteiger partial charge is 0.410 e. The van der Waals surface area contributed by atoms with Gasteiger partial charge in [-0.25, -0.2) is 9.78 Å². The number of anilines is 1. The Morgan fingerprint density at radius 2 is 1.97 bits per heavy atom. The molecule has 4 rings (SSSR count). The predicted octanol–water partition coefficient (Wildman–Crippen LogP) is 1.94. The van der Waals surface area contributed by atoms with Gasteiger partial charge in [0, 0.05) is 51.0 Å². The number of piperazine rings is 1. The zero-order valence-corrected chi connectivity index (χ0v) is 17.6. The third-order valence-corrected chi connectivity index (χ3v) is 5.81. The molecule has 3 aromatic rings. The van der Waals surface area contributed by atoms with Crippen LogP contribution in [0, 0.1) is 0 Å². The highest BCUT2D eigenvalue weighted by atomic mass is 32.1. The fourth-order valence-corrected chi connectivity index (χ4v) is 4.09. The molecule has 1 aromatic carbocycles. The summed E-state index contributed by atoms with van der Waals surface area (Å²) < 4.78 is 6.74. The highest BCUT2D eigenvalue weighted by molar-refractivity contribution is 7.20. The Hall–Kier alpha value is -2.98. The van der Waals surface area contributed by atoms with Gasteiger partial charge in [-0.3, -0.25) is 9.69 Å². The molecule has 0 bridgehead atoms. The predicted molar refractivity (Wildman–Crippen MR) is 115 cm³/mol. The van der Waals surface area contributed by atoms with Crippen LogP contribution in [0.25, 0.3) is 4.96 Å². The number of hydrogen-bond donors (Lipinski definition) is 1. The fourth-order valence-electron chi connectivity index (χ4n) is 3.24. The van der Waals surface area contributed by atoms with Gasteiger partial charge in [0.2, 0.25) is 10.1 Å². The molecule has 0 unspecified atom stereocenters. The summed E-state index contributed by atoms with van der Waals surface area (Å²) in [6.07, 6.45) is 0.412. The zero-order valence-electron chi connectivity index (χ0n) is 16.8. The molecule has 1 amide bonds. The summed E-state index contributed by atoms with van der Waals surface area (Å²) >= 11 is 1.37. The molecule has 1 aliphatic heterocycles. The van der Waals surface area contributed by atoms with Gasteiger partial charge < -0.3 is 15.0 Å². The number of amides is 1. The Morgan fingerprint density at radius 1 is 1.20 bits per heavy atom. The summed E-state index contributed by atoms with van der Waals surface area (Å²) in [5.41, 5.74) is 0.624. The van der Waals surface area contributed by atoms with Crippen molar-refractivity contribution < 1.29 is 9.53 Å². The number of fused-ring (bicyclic) bond motifs is 1. The van der Waals surface area contributed by atoms with Crippen LogP contribution in [0.5, 0.6) is 5.75 Å². The van der Waals surface area contributed by atoms with E-state index in [4.69, 9.17) is 4.74 Å². The lowest BCUT2D eigenvalue weighted by Gasteiger charge is -2.33. The van der Waals surface area contributed by atoms with Gasteiger partial charge in [0.15, 0.2) is 0 Å². The second kappa shape index (κ2) is 9.23. The lowest BCUT2D eigenvalue weighted by molar-refractivity contribution is 0.112. The first-order valence-corrected chi connectivity index (χ1v) is 10.8. The average Bonchev–Trinajstić information content (AvgIpc) is 3.18. The molecule has 1 fully saturated rings. The maximum atomic E-state index is 12.3. The van der Waals surface area contributed by atoms with E-state index in [1.54, 1.807) is 17.0 Å². The largest absolute Gasteiger partial charge is 0.415 e. The van der Waals surface area contributed by atoms with Gasteiger partial charge in [0.1, 0.15) is 5.75 Å². The van der Waals surface area contributed by atoms with Gasteiger partial charge in [-0.2, -0.15) is 4.52 Å². The molecule has 9 nitrogen and oxygen atoms in total. The summed E-state index contributed by atoms with van der Waals surface area (Å²) in [5.74, 6) is 0.560. The third-order valence-electron chi connectivity index (χ3n) is 4.94. The van der Waals surface area contributed by atoms with E-state index >= 15 is 0 Å². The Kier molecular flexibility index (Phi) is 6.24. The minimum Gasteiger partial charge on any atom is -0.410 e. The Bertz CT molecular complexity index is 1060. The van der Waals surface area contributed by atoms with Crippen molar-refractivity contribution >= 4 is 27.5 Å². The number of para-hydroxylation sites is 1. The highest BCUT2D eigenvalue weighted by Crippen LogP contribution is 2.16. The monoisotopic (exact) mass is 428 g/mol. The van der Waals surface area contributed by atoms with Crippen LogP contribution < -0.4 is 15.6 Å².